The molecular formula is C14H19NO3S. The molecule has 0 aromatic heterocycles. The lowest BCUT2D eigenvalue weighted by molar-refractivity contribution is -0.131. The average Bonchev–Trinajstić information content (AvgIpc) is 2.39. The normalized spacial score (nSPS) is 16.4. The number of nitrogens with zero attached hydrogens (tertiary/aromatic N) is 1. The molecule has 19 heavy (non-hydrogen) atoms. The van der Waals surface area contributed by atoms with Gasteiger partial charge in [-0.05, 0) is 37.0 Å². The van der Waals surface area contributed by atoms with E-state index in [1.807, 2.05) is 4.90 Å². The van der Waals surface area contributed by atoms with Gasteiger partial charge in [-0.25, -0.2) is 8.42 Å². The number of rotatable bonds is 3. The zero-order valence-corrected chi connectivity index (χ0v) is 11.9. The molecule has 4 nitrogen and oxygen atoms in total. The van der Waals surface area contributed by atoms with Crippen LogP contribution in [-0.4, -0.2) is 38.6 Å². The lowest BCUT2D eigenvalue weighted by Gasteiger charge is -2.26. The quantitative estimate of drug-likeness (QED) is 0.846. The van der Waals surface area contributed by atoms with Crippen LogP contribution >= 0.6 is 0 Å². The largest absolute Gasteiger partial charge is 0.342 e. The molecule has 0 atom stereocenters. The van der Waals surface area contributed by atoms with Crippen molar-refractivity contribution in [2.45, 2.75) is 30.6 Å². The van der Waals surface area contributed by atoms with Gasteiger partial charge in [-0.3, -0.25) is 4.79 Å². The Morgan fingerprint density at radius 1 is 1.11 bits per heavy atom. The second-order valence-electron chi connectivity index (χ2n) is 5.03. The molecule has 1 heterocycles. The minimum absolute atomic E-state index is 0.131. The third kappa shape index (κ3) is 3.80. The van der Waals surface area contributed by atoms with Crippen molar-refractivity contribution >= 4 is 15.7 Å². The molecule has 0 spiro atoms. The summed E-state index contributed by atoms with van der Waals surface area (Å²) in [5, 5.41) is 0. The molecular weight excluding hydrogens is 262 g/mol. The lowest BCUT2D eigenvalue weighted by Crippen LogP contribution is -2.36. The number of benzene rings is 1. The van der Waals surface area contributed by atoms with Gasteiger partial charge in [0.1, 0.15) is 0 Å². The monoisotopic (exact) mass is 281 g/mol. The number of sulfone groups is 1. The minimum atomic E-state index is -3.16. The van der Waals surface area contributed by atoms with Crippen molar-refractivity contribution in [1.29, 1.82) is 0 Å². The molecule has 1 aromatic rings. The van der Waals surface area contributed by atoms with E-state index < -0.39 is 9.84 Å². The van der Waals surface area contributed by atoms with Gasteiger partial charge in [-0.2, -0.15) is 0 Å². The first-order valence-electron chi connectivity index (χ1n) is 6.53. The van der Waals surface area contributed by atoms with E-state index in [2.05, 4.69) is 0 Å². The van der Waals surface area contributed by atoms with Gasteiger partial charge >= 0.3 is 0 Å². The van der Waals surface area contributed by atoms with Crippen molar-refractivity contribution in [3.63, 3.8) is 0 Å². The molecule has 1 aromatic carbocycles. The summed E-state index contributed by atoms with van der Waals surface area (Å²) < 4.78 is 22.7. The SMILES string of the molecule is CS(=O)(=O)c1ccc(CC(=O)N2CCCCC2)cc1. The molecule has 0 aliphatic carbocycles. The lowest BCUT2D eigenvalue weighted by atomic mass is 10.1. The molecule has 1 aliphatic rings. The second kappa shape index (κ2) is 5.74. The molecule has 0 unspecified atom stereocenters. The van der Waals surface area contributed by atoms with Crippen molar-refractivity contribution < 1.29 is 13.2 Å². The van der Waals surface area contributed by atoms with Crippen LogP contribution in [0.3, 0.4) is 0 Å². The summed E-state index contributed by atoms with van der Waals surface area (Å²) in [5.74, 6) is 0.131. The van der Waals surface area contributed by atoms with E-state index in [1.54, 1.807) is 24.3 Å². The first-order valence-corrected chi connectivity index (χ1v) is 8.43. The molecule has 0 radical (unpaired) electrons. The van der Waals surface area contributed by atoms with Gasteiger partial charge in [0, 0.05) is 19.3 Å². The summed E-state index contributed by atoms with van der Waals surface area (Å²) in [6.07, 6.45) is 4.90. The number of hydrogen-bond acceptors (Lipinski definition) is 3. The molecule has 1 aliphatic heterocycles. The van der Waals surface area contributed by atoms with Gasteiger partial charge in [0.15, 0.2) is 9.84 Å². The zero-order valence-electron chi connectivity index (χ0n) is 11.1. The number of piperidine rings is 1. The fourth-order valence-corrected chi connectivity index (χ4v) is 2.91. The summed E-state index contributed by atoms with van der Waals surface area (Å²) >= 11 is 0. The first kappa shape index (κ1) is 14.1. The maximum atomic E-state index is 12.1. The summed E-state index contributed by atoms with van der Waals surface area (Å²) in [4.78, 5) is 14.2. The van der Waals surface area contributed by atoms with Crippen LogP contribution in [0.5, 0.6) is 0 Å². The van der Waals surface area contributed by atoms with Crippen molar-refractivity contribution in [3.05, 3.63) is 29.8 Å². The Hall–Kier alpha value is -1.36. The Balaban J connectivity index is 2.01. The fourth-order valence-electron chi connectivity index (χ4n) is 2.28. The molecule has 2 rings (SSSR count). The van der Waals surface area contributed by atoms with Gasteiger partial charge in [-0.1, -0.05) is 12.1 Å². The Morgan fingerprint density at radius 3 is 2.21 bits per heavy atom. The third-order valence-electron chi connectivity index (χ3n) is 3.42. The summed E-state index contributed by atoms with van der Waals surface area (Å²) in [5.41, 5.74) is 0.864. The van der Waals surface area contributed by atoms with Gasteiger partial charge < -0.3 is 4.90 Å². The number of likely N-dealkylation sites (tertiary alicyclic amines) is 1. The van der Waals surface area contributed by atoms with Crippen LogP contribution in [0.15, 0.2) is 29.2 Å². The average molecular weight is 281 g/mol. The number of hydrogen-bond donors (Lipinski definition) is 0. The molecule has 1 fully saturated rings. The minimum Gasteiger partial charge on any atom is -0.342 e. The van der Waals surface area contributed by atoms with Crippen LogP contribution < -0.4 is 0 Å². The molecule has 0 bridgehead atoms. The molecule has 104 valence electrons. The Bertz CT molecular complexity index is 543. The van der Waals surface area contributed by atoms with E-state index in [9.17, 15) is 13.2 Å². The van der Waals surface area contributed by atoms with Gasteiger partial charge in [0.25, 0.3) is 0 Å². The van der Waals surface area contributed by atoms with Crippen LogP contribution in [0.2, 0.25) is 0 Å². The summed E-state index contributed by atoms with van der Waals surface area (Å²) in [6, 6.07) is 6.57. The van der Waals surface area contributed by atoms with Crippen LogP contribution in [-0.2, 0) is 21.1 Å². The zero-order chi connectivity index (χ0) is 13.9. The highest BCUT2D eigenvalue weighted by atomic mass is 32.2. The molecule has 1 saturated heterocycles. The number of amides is 1. The summed E-state index contributed by atoms with van der Waals surface area (Å²) in [7, 11) is -3.16. The van der Waals surface area contributed by atoms with Crippen molar-refractivity contribution in [1.82, 2.24) is 4.90 Å². The maximum Gasteiger partial charge on any atom is 0.226 e. The van der Waals surface area contributed by atoms with Crippen LogP contribution in [0.1, 0.15) is 24.8 Å². The van der Waals surface area contributed by atoms with Crippen LogP contribution in [0.25, 0.3) is 0 Å². The standard InChI is InChI=1S/C14H19NO3S/c1-19(17,18)13-7-5-12(6-8-13)11-14(16)15-9-3-2-4-10-15/h5-8H,2-4,9-11H2,1H3. The number of carbonyl (C=O) groups excluding carboxylic acids is 1. The Morgan fingerprint density at radius 2 is 1.68 bits per heavy atom. The summed E-state index contributed by atoms with van der Waals surface area (Å²) in [6.45, 7) is 1.69. The van der Waals surface area contributed by atoms with Gasteiger partial charge in [0.05, 0.1) is 11.3 Å². The molecule has 0 saturated carbocycles. The van der Waals surface area contributed by atoms with E-state index in [0.29, 0.717) is 11.3 Å². The predicted molar refractivity (Wildman–Crippen MR) is 73.7 cm³/mol. The highest BCUT2D eigenvalue weighted by Gasteiger charge is 2.16. The Kier molecular flexibility index (Phi) is 4.24. The number of carbonyl (C=O) groups is 1. The van der Waals surface area contributed by atoms with E-state index in [1.165, 1.54) is 12.7 Å². The molecule has 0 N–H and O–H groups in total. The highest BCUT2D eigenvalue weighted by Crippen LogP contribution is 2.14. The van der Waals surface area contributed by atoms with Crippen molar-refractivity contribution in [2.24, 2.45) is 0 Å². The highest BCUT2D eigenvalue weighted by molar-refractivity contribution is 7.90. The smallest absolute Gasteiger partial charge is 0.226 e. The predicted octanol–water partition coefficient (Wildman–Crippen LogP) is 1.65. The van der Waals surface area contributed by atoms with Crippen molar-refractivity contribution in [2.75, 3.05) is 19.3 Å². The molecule has 5 heteroatoms. The van der Waals surface area contributed by atoms with E-state index >= 15 is 0 Å². The third-order valence-corrected chi connectivity index (χ3v) is 4.54. The van der Waals surface area contributed by atoms with Gasteiger partial charge in [-0.15, -0.1) is 0 Å². The van der Waals surface area contributed by atoms with E-state index in [0.717, 1.165) is 31.5 Å². The Labute approximate surface area is 114 Å². The van der Waals surface area contributed by atoms with E-state index in [4.69, 9.17) is 0 Å². The van der Waals surface area contributed by atoms with Gasteiger partial charge in [0.2, 0.25) is 5.91 Å². The molecule has 1 amide bonds. The maximum absolute atomic E-state index is 12.1. The topological polar surface area (TPSA) is 54.5 Å². The van der Waals surface area contributed by atoms with E-state index in [-0.39, 0.29) is 5.91 Å². The second-order valence-corrected chi connectivity index (χ2v) is 7.05. The van der Waals surface area contributed by atoms with Crippen LogP contribution in [0.4, 0.5) is 0 Å². The fraction of sp³-hybridized carbons (Fsp3) is 0.500. The van der Waals surface area contributed by atoms with Crippen LogP contribution in [0, 0.1) is 0 Å². The van der Waals surface area contributed by atoms with Crippen molar-refractivity contribution in [3.8, 4) is 0 Å². The first-order chi connectivity index (χ1) is 8.97.